The van der Waals surface area contributed by atoms with E-state index < -0.39 is 0 Å². The summed E-state index contributed by atoms with van der Waals surface area (Å²) in [4.78, 5) is 13.3. The minimum Gasteiger partial charge on any atom is -0.497 e. The van der Waals surface area contributed by atoms with E-state index in [4.69, 9.17) is 9.72 Å². The van der Waals surface area contributed by atoms with Crippen molar-refractivity contribution in [2.24, 2.45) is 0 Å². The quantitative estimate of drug-likeness (QED) is 0.459. The zero-order valence-corrected chi connectivity index (χ0v) is 16.8. The number of hydrogen-bond acceptors (Lipinski definition) is 5. The lowest BCUT2D eigenvalue weighted by atomic mass is 10.1. The van der Waals surface area contributed by atoms with Gasteiger partial charge in [0.25, 0.3) is 0 Å². The van der Waals surface area contributed by atoms with Crippen LogP contribution in [0.4, 0.5) is 0 Å². The maximum Gasteiger partial charge on any atom is 0.144 e. The molecule has 0 unspecified atom stereocenters. The number of aromatic nitrogens is 4. The molecule has 0 bridgehead atoms. The summed E-state index contributed by atoms with van der Waals surface area (Å²) in [6.45, 7) is 8.27. The van der Waals surface area contributed by atoms with Crippen LogP contribution in [0.1, 0.15) is 18.2 Å². The van der Waals surface area contributed by atoms with Crippen molar-refractivity contribution in [3.05, 3.63) is 72.1 Å². The summed E-state index contributed by atoms with van der Waals surface area (Å²) in [7, 11) is 1.67. The van der Waals surface area contributed by atoms with Gasteiger partial charge in [-0.2, -0.15) is 0 Å². The second kappa shape index (κ2) is 7.40. The van der Waals surface area contributed by atoms with E-state index in [1.807, 2.05) is 31.2 Å². The summed E-state index contributed by atoms with van der Waals surface area (Å²) in [6, 6.07) is 10.2. The molecule has 4 aromatic rings. The fraction of sp³-hybridized carbons (Fsp3) is 0.136. The molecule has 0 aliphatic heterocycles. The molecule has 0 amide bonds. The molecule has 0 aliphatic rings. The predicted octanol–water partition coefficient (Wildman–Crippen LogP) is 5.41. The maximum atomic E-state index is 5.30. The molecular weight excluding hydrogens is 368 g/mol. The average molecular weight is 388 g/mol. The monoisotopic (exact) mass is 388 g/mol. The standard InChI is InChI=1S/C22H20N4OS/c1-14(2)18-11-21(20-13-28-22(25-20)19-12-23-9-10-24-19)26(15(18)3)16-5-7-17(27-4)8-6-16/h5-13H,1H2,2-4H3. The van der Waals surface area contributed by atoms with Crippen LogP contribution in [0.2, 0.25) is 0 Å². The van der Waals surface area contributed by atoms with Crippen LogP contribution in [0.5, 0.6) is 5.75 Å². The molecular formula is C22H20N4OS. The van der Waals surface area contributed by atoms with Crippen molar-refractivity contribution in [1.29, 1.82) is 0 Å². The van der Waals surface area contributed by atoms with Gasteiger partial charge in [0.2, 0.25) is 0 Å². The van der Waals surface area contributed by atoms with Gasteiger partial charge in [-0.1, -0.05) is 6.58 Å². The first-order valence-electron chi connectivity index (χ1n) is 8.83. The van der Waals surface area contributed by atoms with Crippen molar-refractivity contribution in [2.75, 3.05) is 7.11 Å². The van der Waals surface area contributed by atoms with E-state index in [0.29, 0.717) is 0 Å². The van der Waals surface area contributed by atoms with Crippen molar-refractivity contribution in [2.45, 2.75) is 13.8 Å². The number of rotatable bonds is 5. The highest BCUT2D eigenvalue weighted by Crippen LogP contribution is 2.34. The molecule has 0 atom stereocenters. The van der Waals surface area contributed by atoms with Gasteiger partial charge in [0, 0.05) is 29.2 Å². The Morgan fingerprint density at radius 2 is 1.93 bits per heavy atom. The lowest BCUT2D eigenvalue weighted by molar-refractivity contribution is 0.414. The van der Waals surface area contributed by atoms with Crippen molar-refractivity contribution < 1.29 is 4.74 Å². The van der Waals surface area contributed by atoms with Gasteiger partial charge in [0.1, 0.15) is 16.5 Å². The second-order valence-electron chi connectivity index (χ2n) is 6.47. The molecule has 0 fully saturated rings. The fourth-order valence-corrected chi connectivity index (χ4v) is 3.98. The van der Waals surface area contributed by atoms with Gasteiger partial charge in [-0.15, -0.1) is 11.3 Å². The lowest BCUT2D eigenvalue weighted by Crippen LogP contribution is -2.00. The molecule has 0 saturated heterocycles. The third-order valence-corrected chi connectivity index (χ3v) is 5.45. The van der Waals surface area contributed by atoms with E-state index in [2.05, 4.69) is 39.5 Å². The van der Waals surface area contributed by atoms with Crippen molar-refractivity contribution >= 4 is 16.9 Å². The van der Waals surface area contributed by atoms with Gasteiger partial charge in [-0.25, -0.2) is 4.98 Å². The van der Waals surface area contributed by atoms with Crippen molar-refractivity contribution in [3.63, 3.8) is 0 Å². The number of ether oxygens (including phenoxy) is 1. The minimum absolute atomic E-state index is 0.776. The predicted molar refractivity (Wildman–Crippen MR) is 114 cm³/mol. The van der Waals surface area contributed by atoms with E-state index in [1.165, 1.54) is 0 Å². The Balaban J connectivity index is 1.86. The van der Waals surface area contributed by atoms with Crippen LogP contribution in [0, 0.1) is 6.92 Å². The van der Waals surface area contributed by atoms with Crippen LogP contribution < -0.4 is 4.74 Å². The van der Waals surface area contributed by atoms with Crippen LogP contribution in [-0.2, 0) is 0 Å². The largest absolute Gasteiger partial charge is 0.497 e. The number of nitrogens with zero attached hydrogens (tertiary/aromatic N) is 4. The van der Waals surface area contributed by atoms with E-state index in [0.717, 1.165) is 50.4 Å². The van der Waals surface area contributed by atoms with Gasteiger partial charge >= 0.3 is 0 Å². The SMILES string of the molecule is C=C(C)c1cc(-c2csc(-c3cnccn3)n2)n(-c2ccc(OC)cc2)c1C. The highest BCUT2D eigenvalue weighted by Gasteiger charge is 2.18. The summed E-state index contributed by atoms with van der Waals surface area (Å²) in [5.74, 6) is 0.828. The Labute approximate surface area is 168 Å². The molecule has 0 spiro atoms. The molecule has 5 nitrogen and oxygen atoms in total. The second-order valence-corrected chi connectivity index (χ2v) is 7.33. The Morgan fingerprint density at radius 3 is 2.57 bits per heavy atom. The number of hydrogen-bond donors (Lipinski definition) is 0. The van der Waals surface area contributed by atoms with Crippen LogP contribution in [0.3, 0.4) is 0 Å². The Hall–Kier alpha value is -3.25. The highest BCUT2D eigenvalue weighted by molar-refractivity contribution is 7.13. The average Bonchev–Trinajstić information content (AvgIpc) is 3.33. The summed E-state index contributed by atoms with van der Waals surface area (Å²) in [5.41, 5.74) is 7.02. The van der Waals surface area contributed by atoms with Crippen molar-refractivity contribution in [3.8, 4) is 33.5 Å². The van der Waals surface area contributed by atoms with Crippen LogP contribution in [0.15, 0.2) is 60.9 Å². The molecule has 3 heterocycles. The minimum atomic E-state index is 0.776. The third kappa shape index (κ3) is 3.23. The normalized spacial score (nSPS) is 10.8. The van der Waals surface area contributed by atoms with E-state index in [-0.39, 0.29) is 0 Å². The van der Waals surface area contributed by atoms with Crippen molar-refractivity contribution in [1.82, 2.24) is 19.5 Å². The number of allylic oxidation sites excluding steroid dienone is 1. The van der Waals surface area contributed by atoms with Gasteiger partial charge in [-0.3, -0.25) is 9.97 Å². The molecule has 0 N–H and O–H groups in total. The molecule has 140 valence electrons. The maximum absolute atomic E-state index is 5.30. The van der Waals surface area contributed by atoms with Gasteiger partial charge in [-0.05, 0) is 55.3 Å². The highest BCUT2D eigenvalue weighted by atomic mass is 32.1. The number of benzene rings is 1. The van der Waals surface area contributed by atoms with Gasteiger partial charge in [0.05, 0.1) is 24.7 Å². The molecule has 28 heavy (non-hydrogen) atoms. The zero-order valence-electron chi connectivity index (χ0n) is 16.0. The first-order valence-corrected chi connectivity index (χ1v) is 9.71. The van der Waals surface area contributed by atoms with E-state index in [1.54, 1.807) is 37.0 Å². The Morgan fingerprint density at radius 1 is 1.14 bits per heavy atom. The zero-order chi connectivity index (χ0) is 19.7. The topological polar surface area (TPSA) is 52.8 Å². The third-order valence-electron chi connectivity index (χ3n) is 4.59. The van der Waals surface area contributed by atoms with Crippen LogP contribution in [0.25, 0.3) is 33.3 Å². The number of thiazole rings is 1. The molecule has 0 saturated carbocycles. The van der Waals surface area contributed by atoms with Crippen LogP contribution in [-0.4, -0.2) is 26.6 Å². The first-order chi connectivity index (χ1) is 13.6. The Bertz CT molecular complexity index is 1130. The molecule has 6 heteroatoms. The summed E-state index contributed by atoms with van der Waals surface area (Å²) >= 11 is 1.56. The molecule has 3 aromatic heterocycles. The molecule has 4 rings (SSSR count). The van der Waals surface area contributed by atoms with E-state index in [9.17, 15) is 0 Å². The first kappa shape index (κ1) is 18.1. The molecule has 0 radical (unpaired) electrons. The Kier molecular flexibility index (Phi) is 4.79. The van der Waals surface area contributed by atoms with Gasteiger partial charge < -0.3 is 9.30 Å². The summed E-state index contributed by atoms with van der Waals surface area (Å²) in [6.07, 6.45) is 5.07. The molecule has 0 aliphatic carbocycles. The smallest absolute Gasteiger partial charge is 0.144 e. The van der Waals surface area contributed by atoms with Crippen LogP contribution >= 0.6 is 11.3 Å². The summed E-state index contributed by atoms with van der Waals surface area (Å²) in [5, 5.41) is 2.90. The van der Waals surface area contributed by atoms with E-state index >= 15 is 0 Å². The number of methoxy groups -OCH3 is 1. The fourth-order valence-electron chi connectivity index (χ4n) is 3.21. The lowest BCUT2D eigenvalue weighted by Gasteiger charge is -2.12. The van der Waals surface area contributed by atoms with Gasteiger partial charge in [0.15, 0.2) is 0 Å². The molecule has 1 aromatic carbocycles. The summed E-state index contributed by atoms with van der Waals surface area (Å²) < 4.78 is 7.51.